The van der Waals surface area contributed by atoms with Crippen LogP contribution in [0.4, 0.5) is 0 Å². The molecule has 1 fully saturated rings. The van der Waals surface area contributed by atoms with Gasteiger partial charge >= 0.3 is 0 Å². The number of aromatic nitrogens is 1. The van der Waals surface area contributed by atoms with E-state index in [1.54, 1.807) is 6.92 Å². The molecule has 5 heteroatoms. The maximum atomic E-state index is 12.1. The van der Waals surface area contributed by atoms with Crippen LogP contribution in [0.3, 0.4) is 0 Å². The van der Waals surface area contributed by atoms with Crippen molar-refractivity contribution in [1.82, 2.24) is 10.5 Å². The predicted octanol–water partition coefficient (Wildman–Crippen LogP) is 3.02. The minimum Gasteiger partial charge on any atom is -0.489 e. The van der Waals surface area contributed by atoms with Crippen molar-refractivity contribution in [1.29, 1.82) is 0 Å². The van der Waals surface area contributed by atoms with Crippen LogP contribution in [-0.4, -0.2) is 17.1 Å². The maximum absolute atomic E-state index is 12.1. The summed E-state index contributed by atoms with van der Waals surface area (Å²) in [5.74, 6) is 1.21. The number of carbonyl (C=O) groups excluding carboxylic acids is 1. The van der Waals surface area contributed by atoms with Crippen molar-refractivity contribution in [3.8, 4) is 5.75 Å². The van der Waals surface area contributed by atoms with Crippen molar-refractivity contribution in [2.24, 2.45) is 0 Å². The van der Waals surface area contributed by atoms with Gasteiger partial charge in [-0.3, -0.25) is 4.79 Å². The fraction of sp³-hybridized carbons (Fsp3) is 0.412. The molecule has 0 aliphatic heterocycles. The summed E-state index contributed by atoms with van der Waals surface area (Å²) in [5.41, 5.74) is 2.30. The molecule has 0 radical (unpaired) electrons. The monoisotopic (exact) mass is 300 g/mol. The molecule has 5 nitrogen and oxygen atoms in total. The van der Waals surface area contributed by atoms with Crippen LogP contribution in [-0.2, 0) is 13.0 Å². The van der Waals surface area contributed by atoms with Crippen LogP contribution < -0.4 is 10.1 Å². The van der Waals surface area contributed by atoms with Gasteiger partial charge in [0.25, 0.3) is 5.91 Å². The SMILES string of the molecule is CCc1ccc(OCc2c(C(=O)NC3CC3)noc2C)cc1. The van der Waals surface area contributed by atoms with E-state index in [4.69, 9.17) is 9.26 Å². The van der Waals surface area contributed by atoms with Crippen LogP contribution in [0.2, 0.25) is 0 Å². The molecule has 0 spiro atoms. The average molecular weight is 300 g/mol. The number of hydrogen-bond acceptors (Lipinski definition) is 4. The van der Waals surface area contributed by atoms with Crippen LogP contribution in [0.15, 0.2) is 28.8 Å². The van der Waals surface area contributed by atoms with Gasteiger partial charge in [0, 0.05) is 6.04 Å². The zero-order valence-electron chi connectivity index (χ0n) is 12.9. The molecule has 0 saturated heterocycles. The standard InChI is InChI=1S/C17H20N2O3/c1-3-12-4-8-14(9-5-12)21-10-15-11(2)22-19-16(15)17(20)18-13-6-7-13/h4-5,8-9,13H,3,6-7,10H2,1-2H3,(H,18,20). The van der Waals surface area contributed by atoms with E-state index in [1.165, 1.54) is 5.56 Å². The lowest BCUT2D eigenvalue weighted by Crippen LogP contribution is -2.26. The third-order valence-corrected chi connectivity index (χ3v) is 3.83. The highest BCUT2D eigenvalue weighted by Crippen LogP contribution is 2.22. The van der Waals surface area contributed by atoms with Crippen LogP contribution in [0, 0.1) is 6.92 Å². The molecular formula is C17H20N2O3. The number of ether oxygens (including phenoxy) is 1. The number of hydrogen-bond donors (Lipinski definition) is 1. The summed E-state index contributed by atoms with van der Waals surface area (Å²) in [4.78, 5) is 12.1. The Kier molecular flexibility index (Phi) is 4.13. The molecule has 0 atom stereocenters. The topological polar surface area (TPSA) is 64.4 Å². The number of benzene rings is 1. The summed E-state index contributed by atoms with van der Waals surface area (Å²) in [6.07, 6.45) is 3.08. The van der Waals surface area contributed by atoms with Gasteiger partial charge in [0.2, 0.25) is 0 Å². The minimum absolute atomic E-state index is 0.181. The van der Waals surface area contributed by atoms with Gasteiger partial charge in [-0.05, 0) is 43.9 Å². The van der Waals surface area contributed by atoms with Gasteiger partial charge in [0.1, 0.15) is 18.1 Å². The lowest BCUT2D eigenvalue weighted by atomic mass is 10.1. The zero-order chi connectivity index (χ0) is 15.5. The van der Waals surface area contributed by atoms with E-state index >= 15 is 0 Å². The summed E-state index contributed by atoms with van der Waals surface area (Å²) in [5, 5.41) is 6.79. The highest BCUT2D eigenvalue weighted by atomic mass is 16.5. The van der Waals surface area contributed by atoms with E-state index in [2.05, 4.69) is 17.4 Å². The Morgan fingerprint density at radius 2 is 2.09 bits per heavy atom. The van der Waals surface area contributed by atoms with Crippen molar-refractivity contribution < 1.29 is 14.1 Å². The van der Waals surface area contributed by atoms with E-state index in [0.29, 0.717) is 23.1 Å². The zero-order valence-corrected chi connectivity index (χ0v) is 12.9. The number of rotatable bonds is 6. The Morgan fingerprint density at radius 3 is 2.73 bits per heavy atom. The summed E-state index contributed by atoms with van der Waals surface area (Å²) in [7, 11) is 0. The first kappa shape index (κ1) is 14.6. The highest BCUT2D eigenvalue weighted by Gasteiger charge is 2.27. The van der Waals surface area contributed by atoms with Crippen molar-refractivity contribution in [2.75, 3.05) is 0 Å². The van der Waals surface area contributed by atoms with E-state index in [0.717, 1.165) is 25.0 Å². The number of aryl methyl sites for hydroxylation is 2. The first-order chi connectivity index (χ1) is 10.7. The Hall–Kier alpha value is -2.30. The molecule has 1 aliphatic carbocycles. The first-order valence-corrected chi connectivity index (χ1v) is 7.65. The lowest BCUT2D eigenvalue weighted by molar-refractivity contribution is 0.0940. The Balaban J connectivity index is 1.68. The van der Waals surface area contributed by atoms with Crippen molar-refractivity contribution >= 4 is 5.91 Å². The molecule has 2 aromatic rings. The summed E-state index contributed by atoms with van der Waals surface area (Å²) >= 11 is 0. The Morgan fingerprint density at radius 1 is 1.36 bits per heavy atom. The third kappa shape index (κ3) is 3.30. The first-order valence-electron chi connectivity index (χ1n) is 7.65. The van der Waals surface area contributed by atoms with Gasteiger partial charge in [0.15, 0.2) is 5.69 Å². The average Bonchev–Trinajstić information content (AvgIpc) is 3.27. The fourth-order valence-corrected chi connectivity index (χ4v) is 2.20. The molecule has 1 saturated carbocycles. The second-order valence-electron chi connectivity index (χ2n) is 5.60. The maximum Gasteiger partial charge on any atom is 0.274 e. The van der Waals surface area contributed by atoms with Gasteiger partial charge < -0.3 is 14.6 Å². The molecule has 0 bridgehead atoms. The largest absolute Gasteiger partial charge is 0.489 e. The van der Waals surface area contributed by atoms with Gasteiger partial charge in [-0.15, -0.1) is 0 Å². The smallest absolute Gasteiger partial charge is 0.274 e. The second-order valence-corrected chi connectivity index (χ2v) is 5.60. The molecule has 1 aromatic carbocycles. The number of nitrogens with one attached hydrogen (secondary N) is 1. The molecule has 1 aromatic heterocycles. The molecule has 3 rings (SSSR count). The van der Waals surface area contributed by atoms with Crippen LogP contribution >= 0.6 is 0 Å². The van der Waals surface area contributed by atoms with Crippen molar-refractivity contribution in [3.05, 3.63) is 46.8 Å². The fourth-order valence-electron chi connectivity index (χ4n) is 2.20. The molecule has 1 amide bonds. The van der Waals surface area contributed by atoms with Crippen molar-refractivity contribution in [3.63, 3.8) is 0 Å². The number of carbonyl (C=O) groups is 1. The molecule has 116 valence electrons. The van der Waals surface area contributed by atoms with Crippen LogP contribution in [0.1, 0.15) is 47.1 Å². The van der Waals surface area contributed by atoms with Gasteiger partial charge in [-0.1, -0.05) is 24.2 Å². The molecule has 0 unspecified atom stereocenters. The number of nitrogens with zero attached hydrogens (tertiary/aromatic N) is 1. The Labute approximate surface area is 129 Å². The third-order valence-electron chi connectivity index (χ3n) is 3.83. The summed E-state index contributed by atoms with van der Waals surface area (Å²) in [6.45, 7) is 4.18. The van der Waals surface area contributed by atoms with Gasteiger partial charge in [-0.25, -0.2) is 0 Å². The molecule has 1 aliphatic rings. The normalized spacial score (nSPS) is 13.9. The number of amides is 1. The van der Waals surface area contributed by atoms with Crippen molar-refractivity contribution in [2.45, 2.75) is 45.8 Å². The van der Waals surface area contributed by atoms with Gasteiger partial charge in [-0.2, -0.15) is 0 Å². The van der Waals surface area contributed by atoms with Gasteiger partial charge in [0.05, 0.1) is 5.56 Å². The van der Waals surface area contributed by atoms with E-state index < -0.39 is 0 Å². The predicted molar refractivity (Wildman–Crippen MR) is 81.9 cm³/mol. The van der Waals surface area contributed by atoms with Crippen LogP contribution in [0.5, 0.6) is 5.75 Å². The quantitative estimate of drug-likeness (QED) is 0.890. The second kappa shape index (κ2) is 6.22. The minimum atomic E-state index is -0.181. The highest BCUT2D eigenvalue weighted by molar-refractivity contribution is 5.94. The van der Waals surface area contributed by atoms with Crippen LogP contribution in [0.25, 0.3) is 0 Å². The molecule has 1 N–H and O–H groups in total. The Bertz CT molecular complexity index is 657. The molecule has 1 heterocycles. The molecule has 22 heavy (non-hydrogen) atoms. The summed E-state index contributed by atoms with van der Waals surface area (Å²) < 4.78 is 10.9. The van der Waals surface area contributed by atoms with E-state index in [9.17, 15) is 4.79 Å². The van der Waals surface area contributed by atoms with E-state index in [-0.39, 0.29) is 12.5 Å². The summed E-state index contributed by atoms with van der Waals surface area (Å²) in [6, 6.07) is 8.24. The lowest BCUT2D eigenvalue weighted by Gasteiger charge is -2.07. The van der Waals surface area contributed by atoms with E-state index in [1.807, 2.05) is 24.3 Å². The molecular weight excluding hydrogens is 280 g/mol.